The predicted molar refractivity (Wildman–Crippen MR) is 88.1 cm³/mol. The summed E-state index contributed by atoms with van der Waals surface area (Å²) in [5.74, 6) is 0.263. The SMILES string of the molecule is CN(C)C1CCCC(NC(=O)NCCc2cccc(O)c2)C1. The Morgan fingerprint density at radius 2 is 2.18 bits per heavy atom. The fourth-order valence-electron chi connectivity index (χ4n) is 3.03. The first-order chi connectivity index (χ1) is 10.5. The van der Waals surface area contributed by atoms with Gasteiger partial charge in [-0.15, -0.1) is 0 Å². The van der Waals surface area contributed by atoms with Crippen molar-refractivity contribution in [3.8, 4) is 5.75 Å². The second-order valence-corrected chi connectivity index (χ2v) is 6.30. The molecule has 0 spiro atoms. The molecule has 0 heterocycles. The van der Waals surface area contributed by atoms with E-state index in [1.54, 1.807) is 12.1 Å². The van der Waals surface area contributed by atoms with Gasteiger partial charge in [-0.05, 0) is 63.9 Å². The van der Waals surface area contributed by atoms with E-state index < -0.39 is 0 Å². The summed E-state index contributed by atoms with van der Waals surface area (Å²) in [6.45, 7) is 0.569. The molecule has 2 unspecified atom stereocenters. The Morgan fingerprint density at radius 1 is 1.36 bits per heavy atom. The topological polar surface area (TPSA) is 64.6 Å². The lowest BCUT2D eigenvalue weighted by Crippen LogP contribution is -2.47. The summed E-state index contributed by atoms with van der Waals surface area (Å²) in [6.07, 6.45) is 5.17. The van der Waals surface area contributed by atoms with Crippen LogP contribution in [0, 0.1) is 0 Å². The molecular weight excluding hydrogens is 278 g/mol. The summed E-state index contributed by atoms with van der Waals surface area (Å²) in [6, 6.07) is 7.87. The highest BCUT2D eigenvalue weighted by atomic mass is 16.3. The van der Waals surface area contributed by atoms with Gasteiger partial charge < -0.3 is 20.6 Å². The molecule has 5 heteroatoms. The molecule has 122 valence electrons. The maximum atomic E-state index is 12.0. The zero-order chi connectivity index (χ0) is 15.9. The summed E-state index contributed by atoms with van der Waals surface area (Å²) in [5.41, 5.74) is 1.02. The molecule has 2 rings (SSSR count). The van der Waals surface area contributed by atoms with E-state index in [4.69, 9.17) is 0 Å². The van der Waals surface area contributed by atoms with E-state index >= 15 is 0 Å². The molecule has 1 saturated carbocycles. The second-order valence-electron chi connectivity index (χ2n) is 6.30. The van der Waals surface area contributed by atoms with Gasteiger partial charge in [-0.25, -0.2) is 4.79 Å². The van der Waals surface area contributed by atoms with Crippen molar-refractivity contribution in [1.82, 2.24) is 15.5 Å². The zero-order valence-corrected chi connectivity index (χ0v) is 13.5. The Morgan fingerprint density at radius 3 is 2.91 bits per heavy atom. The predicted octanol–water partition coefficient (Wildman–Crippen LogP) is 2.11. The molecule has 0 aliphatic heterocycles. The van der Waals surface area contributed by atoms with Crippen molar-refractivity contribution in [3.05, 3.63) is 29.8 Å². The molecule has 2 atom stereocenters. The highest BCUT2D eigenvalue weighted by Crippen LogP contribution is 2.21. The molecule has 0 bridgehead atoms. The molecule has 0 aromatic heterocycles. The third-order valence-corrected chi connectivity index (χ3v) is 4.32. The van der Waals surface area contributed by atoms with Gasteiger partial charge in [-0.1, -0.05) is 12.1 Å². The highest BCUT2D eigenvalue weighted by Gasteiger charge is 2.24. The number of nitrogens with one attached hydrogen (secondary N) is 2. The second kappa shape index (κ2) is 8.03. The third-order valence-electron chi connectivity index (χ3n) is 4.32. The number of amides is 2. The number of rotatable bonds is 5. The summed E-state index contributed by atoms with van der Waals surface area (Å²) in [7, 11) is 4.20. The van der Waals surface area contributed by atoms with Crippen molar-refractivity contribution in [1.29, 1.82) is 0 Å². The summed E-state index contributed by atoms with van der Waals surface area (Å²) in [4.78, 5) is 14.2. The molecule has 1 aromatic carbocycles. The largest absolute Gasteiger partial charge is 0.508 e. The van der Waals surface area contributed by atoms with E-state index in [0.29, 0.717) is 19.0 Å². The fraction of sp³-hybridized carbons (Fsp3) is 0.588. The smallest absolute Gasteiger partial charge is 0.315 e. The quantitative estimate of drug-likeness (QED) is 0.780. The Labute approximate surface area is 132 Å². The van der Waals surface area contributed by atoms with Gasteiger partial charge in [-0.3, -0.25) is 0 Å². The Kier molecular flexibility index (Phi) is 6.07. The normalized spacial score (nSPS) is 21.6. The van der Waals surface area contributed by atoms with Gasteiger partial charge in [-0.2, -0.15) is 0 Å². The van der Waals surface area contributed by atoms with Crippen molar-refractivity contribution < 1.29 is 9.90 Å². The van der Waals surface area contributed by atoms with Gasteiger partial charge in [0.05, 0.1) is 0 Å². The molecule has 1 fully saturated rings. The number of hydrogen-bond donors (Lipinski definition) is 3. The lowest BCUT2D eigenvalue weighted by atomic mass is 9.90. The molecule has 0 radical (unpaired) electrons. The first-order valence-corrected chi connectivity index (χ1v) is 8.03. The van der Waals surface area contributed by atoms with Gasteiger partial charge in [0.2, 0.25) is 0 Å². The van der Waals surface area contributed by atoms with Crippen LogP contribution in [0.3, 0.4) is 0 Å². The Hall–Kier alpha value is -1.75. The van der Waals surface area contributed by atoms with Crippen molar-refractivity contribution in [2.75, 3.05) is 20.6 Å². The van der Waals surface area contributed by atoms with Gasteiger partial charge in [0.1, 0.15) is 5.75 Å². The van der Waals surface area contributed by atoms with Crippen LogP contribution in [-0.4, -0.2) is 48.8 Å². The maximum Gasteiger partial charge on any atom is 0.315 e. The number of nitrogens with zero attached hydrogens (tertiary/aromatic N) is 1. The Bertz CT molecular complexity index is 491. The van der Waals surface area contributed by atoms with Crippen molar-refractivity contribution in [3.63, 3.8) is 0 Å². The van der Waals surface area contributed by atoms with Crippen LogP contribution in [0.4, 0.5) is 4.79 Å². The minimum atomic E-state index is -0.0930. The highest BCUT2D eigenvalue weighted by molar-refractivity contribution is 5.74. The van der Waals surface area contributed by atoms with Crippen LogP contribution < -0.4 is 10.6 Å². The molecule has 22 heavy (non-hydrogen) atoms. The minimum Gasteiger partial charge on any atom is -0.508 e. The zero-order valence-electron chi connectivity index (χ0n) is 13.5. The van der Waals surface area contributed by atoms with Gasteiger partial charge in [0, 0.05) is 18.6 Å². The van der Waals surface area contributed by atoms with Crippen molar-refractivity contribution in [2.24, 2.45) is 0 Å². The lowest BCUT2D eigenvalue weighted by molar-refractivity contribution is 0.193. The number of phenols is 1. The molecule has 2 amide bonds. The van der Waals surface area contributed by atoms with Crippen LogP contribution in [0.5, 0.6) is 5.75 Å². The maximum absolute atomic E-state index is 12.0. The number of aromatic hydroxyl groups is 1. The monoisotopic (exact) mass is 305 g/mol. The molecule has 3 N–H and O–H groups in total. The van der Waals surface area contributed by atoms with Crippen molar-refractivity contribution in [2.45, 2.75) is 44.2 Å². The molecule has 0 saturated heterocycles. The molecule has 1 aromatic rings. The molecular formula is C17H27N3O2. The summed E-state index contributed by atoms with van der Waals surface area (Å²) < 4.78 is 0. The van der Waals surface area contributed by atoms with E-state index in [2.05, 4.69) is 29.6 Å². The standard InChI is InChI=1S/C17H27N3O2/c1-20(2)15-7-4-6-14(12-15)19-17(22)18-10-9-13-5-3-8-16(21)11-13/h3,5,8,11,14-15,21H,4,6-7,9-10,12H2,1-2H3,(H2,18,19,22). The number of benzene rings is 1. The van der Waals surface area contributed by atoms with Gasteiger partial charge in [0.15, 0.2) is 0 Å². The van der Waals surface area contributed by atoms with Gasteiger partial charge in [0.25, 0.3) is 0 Å². The fourth-order valence-corrected chi connectivity index (χ4v) is 3.03. The first kappa shape index (κ1) is 16.6. The van der Waals surface area contributed by atoms with Crippen LogP contribution in [0.2, 0.25) is 0 Å². The van der Waals surface area contributed by atoms with Crippen LogP contribution in [0.1, 0.15) is 31.2 Å². The van der Waals surface area contributed by atoms with Crippen LogP contribution >= 0.6 is 0 Å². The van der Waals surface area contributed by atoms with E-state index in [0.717, 1.165) is 24.8 Å². The van der Waals surface area contributed by atoms with E-state index in [1.807, 2.05) is 12.1 Å². The number of hydrogen-bond acceptors (Lipinski definition) is 3. The summed E-state index contributed by atoms with van der Waals surface area (Å²) in [5, 5.41) is 15.4. The van der Waals surface area contributed by atoms with Crippen LogP contribution in [-0.2, 0) is 6.42 Å². The van der Waals surface area contributed by atoms with Crippen molar-refractivity contribution >= 4 is 6.03 Å². The summed E-state index contributed by atoms with van der Waals surface area (Å²) >= 11 is 0. The van der Waals surface area contributed by atoms with E-state index in [1.165, 1.54) is 6.42 Å². The molecule has 1 aliphatic rings. The van der Waals surface area contributed by atoms with Gasteiger partial charge >= 0.3 is 6.03 Å². The van der Waals surface area contributed by atoms with Crippen LogP contribution in [0.15, 0.2) is 24.3 Å². The molecule has 5 nitrogen and oxygen atoms in total. The average molecular weight is 305 g/mol. The number of carbonyl (C=O) groups excluding carboxylic acids is 1. The van der Waals surface area contributed by atoms with E-state index in [9.17, 15) is 9.90 Å². The average Bonchev–Trinajstić information content (AvgIpc) is 2.47. The van der Waals surface area contributed by atoms with Crippen LogP contribution in [0.25, 0.3) is 0 Å². The Balaban J connectivity index is 1.69. The first-order valence-electron chi connectivity index (χ1n) is 8.03. The number of carbonyl (C=O) groups is 1. The van der Waals surface area contributed by atoms with E-state index in [-0.39, 0.29) is 17.8 Å². The minimum absolute atomic E-state index is 0.0930. The third kappa shape index (κ3) is 5.22. The molecule has 1 aliphatic carbocycles. The lowest BCUT2D eigenvalue weighted by Gasteiger charge is -2.33. The number of phenolic OH excluding ortho intramolecular Hbond substituents is 1. The number of urea groups is 1.